The van der Waals surface area contributed by atoms with Crippen molar-refractivity contribution in [2.45, 2.75) is 169 Å². The van der Waals surface area contributed by atoms with Crippen molar-refractivity contribution in [2.24, 2.45) is 0 Å². The molecule has 3 heterocycles. The third-order valence-electron chi connectivity index (χ3n) is 18.1. The number of carbonyl (C=O) groups is 2. The van der Waals surface area contributed by atoms with Gasteiger partial charge in [-0.1, -0.05) is 273 Å². The highest BCUT2D eigenvalue weighted by Gasteiger charge is 2.57. The Kier molecular flexibility index (Phi) is 28.6. The van der Waals surface area contributed by atoms with E-state index < -0.39 is 97.2 Å². The molecule has 15 atom stereocenters. The Bertz CT molecular complexity index is 3870. The van der Waals surface area contributed by atoms with E-state index in [1.54, 1.807) is 6.92 Å². The molecule has 3 saturated heterocycles. The number of thioether (sulfide) groups is 1. The summed E-state index contributed by atoms with van der Waals surface area (Å²) in [4.78, 5) is 27.7. The fraction of sp³-hybridized carbons (Fsp3) is 0.341. The molecule has 9 aromatic rings. The Hall–Kier alpha value is -8.25. The maximum absolute atomic E-state index is 14.1. The van der Waals surface area contributed by atoms with Crippen LogP contribution in [0, 0.1) is 0 Å². The van der Waals surface area contributed by atoms with Gasteiger partial charge in [0.15, 0.2) is 18.7 Å². The minimum Gasteiger partial charge on any atom is -0.457 e. The first-order valence-corrected chi connectivity index (χ1v) is 36.2. The van der Waals surface area contributed by atoms with Gasteiger partial charge >= 0.3 is 5.97 Å². The number of amides is 1. The van der Waals surface area contributed by atoms with Crippen LogP contribution in [0.3, 0.4) is 0 Å². The molecule has 12 rings (SSSR count). The van der Waals surface area contributed by atoms with Gasteiger partial charge in [-0.3, -0.25) is 9.59 Å². The van der Waals surface area contributed by atoms with E-state index in [0.717, 1.165) is 49.4 Å². The predicted molar refractivity (Wildman–Crippen MR) is 389 cm³/mol. The summed E-state index contributed by atoms with van der Waals surface area (Å²) < 4.78 is 102. The van der Waals surface area contributed by atoms with Crippen LogP contribution >= 0.6 is 11.8 Å². The molecule has 3 aliphatic rings. The summed E-state index contributed by atoms with van der Waals surface area (Å²) in [7, 11) is 1.52. The van der Waals surface area contributed by atoms with Gasteiger partial charge < -0.3 is 71.6 Å². The summed E-state index contributed by atoms with van der Waals surface area (Å²) in [6.07, 6.45) is -15.2. The molecule has 538 valence electrons. The Morgan fingerprint density at radius 1 is 0.340 bits per heavy atom. The van der Waals surface area contributed by atoms with Crippen LogP contribution in [0.2, 0.25) is 0 Å². The van der Waals surface area contributed by atoms with Gasteiger partial charge in [0.25, 0.3) is 0 Å². The van der Waals surface area contributed by atoms with Crippen molar-refractivity contribution in [3.8, 4) is 0 Å². The Morgan fingerprint density at radius 3 is 1.07 bits per heavy atom. The highest BCUT2D eigenvalue weighted by atomic mass is 32.2. The van der Waals surface area contributed by atoms with E-state index in [2.05, 4.69) is 17.4 Å². The number of ether oxygens (including phenoxy) is 14. The molecule has 0 bridgehead atoms. The third kappa shape index (κ3) is 22.2. The van der Waals surface area contributed by atoms with Gasteiger partial charge in [-0.15, -0.1) is 0 Å². The molecule has 0 spiro atoms. The fourth-order valence-electron chi connectivity index (χ4n) is 12.7. The van der Waals surface area contributed by atoms with Crippen LogP contribution in [0.1, 0.15) is 64.3 Å². The number of hydrogen-bond donors (Lipinski definition) is 1. The third-order valence-corrected chi connectivity index (χ3v) is 19.2. The first-order chi connectivity index (χ1) is 50.8. The first-order valence-electron chi connectivity index (χ1n) is 35.3. The molecule has 6 unspecified atom stereocenters. The molecule has 1 N–H and O–H groups in total. The number of nitrogens with one attached hydrogen (secondary N) is 1. The predicted octanol–water partition coefficient (Wildman–Crippen LogP) is 14.1. The highest BCUT2D eigenvalue weighted by molar-refractivity contribution is 7.99. The quantitative estimate of drug-likeness (QED) is 0.0367. The molecule has 0 aliphatic carbocycles. The second-order valence-electron chi connectivity index (χ2n) is 25.6. The Labute approximate surface area is 608 Å². The average molecular weight is 1410 g/mol. The number of rotatable bonds is 36. The van der Waals surface area contributed by atoms with Crippen LogP contribution in [0.25, 0.3) is 0 Å². The van der Waals surface area contributed by atoms with Crippen LogP contribution in [0.5, 0.6) is 0 Å². The molecule has 1 amide bonds. The summed E-state index contributed by atoms with van der Waals surface area (Å²) in [5, 5.41) is 2.60. The number of esters is 1. The average Bonchev–Trinajstić information content (AvgIpc) is 0.763. The number of carbonyl (C=O) groups excluding carboxylic acids is 2. The van der Waals surface area contributed by atoms with E-state index in [1.165, 1.54) is 18.8 Å². The van der Waals surface area contributed by atoms with Crippen molar-refractivity contribution in [3.05, 3.63) is 317 Å². The maximum atomic E-state index is 14.1. The van der Waals surface area contributed by atoms with Crippen LogP contribution in [-0.4, -0.2) is 123 Å². The lowest BCUT2D eigenvalue weighted by atomic mass is 9.95. The molecule has 17 nitrogen and oxygen atoms in total. The van der Waals surface area contributed by atoms with Crippen molar-refractivity contribution in [3.63, 3.8) is 0 Å². The molecular formula is C85H91NO16S. The van der Waals surface area contributed by atoms with Gasteiger partial charge in [-0.25, -0.2) is 0 Å². The normalized spacial score (nSPS) is 24.8. The lowest BCUT2D eigenvalue weighted by Gasteiger charge is -2.52. The van der Waals surface area contributed by atoms with Gasteiger partial charge in [0.05, 0.1) is 78.6 Å². The molecule has 18 heteroatoms. The summed E-state index contributed by atoms with van der Waals surface area (Å²) in [6, 6.07) is 89.3. The first kappa shape index (κ1) is 74.5. The molecule has 0 aromatic heterocycles. The summed E-state index contributed by atoms with van der Waals surface area (Å²) in [5.41, 5.74) is 6.56. The zero-order valence-corrected chi connectivity index (χ0v) is 58.9. The summed E-state index contributed by atoms with van der Waals surface area (Å²) >= 11 is 1.53. The second kappa shape index (κ2) is 39.6. The largest absolute Gasteiger partial charge is 0.457 e. The minimum atomic E-state index is -1.42. The Morgan fingerprint density at radius 2 is 0.660 bits per heavy atom. The zero-order valence-electron chi connectivity index (χ0n) is 58.1. The lowest BCUT2D eigenvalue weighted by molar-refractivity contribution is -0.392. The summed E-state index contributed by atoms with van der Waals surface area (Å²) in [5.74, 6) is -0.940. The SMILES string of the molecule is CNC(=O)CCC(=O)O[C@@H]1C(C)O[C@@H](OC2[C@H](O[C@@H]3C(COCc4ccccc4)O[C@@H](Sc4ccccc4)C(OCc4ccccc4)[C@H]3OCc3ccccc3)OC(COCc3ccccc3)[C@H](OCc3ccccc3)[C@H]2OCc2ccccc2)C(OCc2ccccc2)[C@H]1OCc1ccccc1. The molecule has 0 radical (unpaired) electrons. The molecule has 0 saturated carbocycles. The minimum absolute atomic E-state index is 0.00554. The van der Waals surface area contributed by atoms with E-state index in [1.807, 2.05) is 261 Å². The smallest absolute Gasteiger partial charge is 0.306 e. The van der Waals surface area contributed by atoms with Gasteiger partial charge in [-0.2, -0.15) is 0 Å². The van der Waals surface area contributed by atoms with Gasteiger partial charge in [0.1, 0.15) is 66.5 Å². The Balaban J connectivity index is 1.01. The fourth-order valence-corrected chi connectivity index (χ4v) is 13.9. The van der Waals surface area contributed by atoms with Gasteiger partial charge in [-0.05, 0) is 63.6 Å². The second-order valence-corrected chi connectivity index (χ2v) is 26.8. The van der Waals surface area contributed by atoms with Crippen molar-refractivity contribution in [1.82, 2.24) is 5.32 Å². The lowest BCUT2D eigenvalue weighted by Crippen LogP contribution is -2.68. The van der Waals surface area contributed by atoms with E-state index in [-0.39, 0.29) is 84.8 Å². The molecule has 3 fully saturated rings. The number of benzene rings is 9. The van der Waals surface area contributed by atoms with Crippen LogP contribution in [0.15, 0.2) is 278 Å². The molecule has 3 aliphatic heterocycles. The van der Waals surface area contributed by atoms with E-state index in [0.29, 0.717) is 0 Å². The molecule has 103 heavy (non-hydrogen) atoms. The maximum Gasteiger partial charge on any atom is 0.306 e. The molecular weight excluding hydrogens is 1320 g/mol. The van der Waals surface area contributed by atoms with Gasteiger partial charge in [0, 0.05) is 18.4 Å². The van der Waals surface area contributed by atoms with E-state index in [4.69, 9.17) is 66.3 Å². The van der Waals surface area contributed by atoms with Crippen LogP contribution < -0.4 is 5.32 Å². The van der Waals surface area contributed by atoms with Crippen LogP contribution in [-0.2, 0) is 129 Å². The summed E-state index contributed by atoms with van der Waals surface area (Å²) in [6.45, 7) is 3.08. The highest BCUT2D eigenvalue weighted by Crippen LogP contribution is 2.42. The van der Waals surface area contributed by atoms with E-state index >= 15 is 0 Å². The monoisotopic (exact) mass is 1410 g/mol. The van der Waals surface area contributed by atoms with Crippen molar-refractivity contribution in [1.29, 1.82) is 0 Å². The van der Waals surface area contributed by atoms with Crippen molar-refractivity contribution >= 4 is 23.6 Å². The van der Waals surface area contributed by atoms with Crippen molar-refractivity contribution < 1.29 is 75.9 Å². The topological polar surface area (TPSA) is 175 Å². The molecule has 9 aromatic carbocycles. The van der Waals surface area contributed by atoms with Gasteiger partial charge in [0.2, 0.25) is 5.91 Å². The zero-order chi connectivity index (χ0) is 70.6. The number of hydrogen-bond acceptors (Lipinski definition) is 17. The van der Waals surface area contributed by atoms with Crippen LogP contribution in [0.4, 0.5) is 0 Å². The van der Waals surface area contributed by atoms with Crippen molar-refractivity contribution in [2.75, 3.05) is 20.3 Å². The van der Waals surface area contributed by atoms with E-state index in [9.17, 15) is 9.59 Å². The standard InChI is InChI=1S/C85H91NO16S/c1-60-74(100-73(88)49-48-72(87)86-2)77(92-53-64-36-18-6-19-37-64)80(95-56-67-42-24-9-25-43-67)83(97-60)102-81-78(93-54-65-38-20-7-21-39-65)75(91-52-63-34-16-5-17-35-63)70(58-89-50-61-30-12-3-13-31-61)98-84(81)101-76-71(59-90-51-62-32-14-4-15-33-62)99-85(103-69-46-28-11-29-47-69)82(96-57-68-44-26-10-27-45-68)79(76)94-55-66-40-22-8-23-41-66/h3-47,60,70-71,74-85H,48-59H2,1-2H3,(H,86,87)/t60?,70?,71?,74-,75+,76-,77+,78-,79+,80?,81?,82?,83+,84+,85+/m1/s1.